The minimum Gasteiger partial charge on any atom is -0.350 e. The molecule has 3 nitrogen and oxygen atoms in total. The average Bonchev–Trinajstić information content (AvgIpc) is 2.70. The first-order chi connectivity index (χ1) is 13.1. The third-order valence-electron chi connectivity index (χ3n) is 5.69. The molecule has 1 saturated heterocycles. The van der Waals surface area contributed by atoms with Crippen LogP contribution in [-0.2, 0) is 13.0 Å². The SMILES string of the molecule is CCC(C)NC(=O)c1ccc(CN2CCC(Cc3ccccc3)CC2)cc1. The Balaban J connectivity index is 1.45. The quantitative estimate of drug-likeness (QED) is 0.774. The van der Waals surface area contributed by atoms with E-state index in [1.807, 2.05) is 19.1 Å². The molecule has 1 N–H and O–H groups in total. The van der Waals surface area contributed by atoms with Gasteiger partial charge >= 0.3 is 0 Å². The Kier molecular flexibility index (Phi) is 7.05. The molecule has 1 atom stereocenters. The first-order valence-corrected chi connectivity index (χ1v) is 10.3. The standard InChI is InChI=1S/C24H32N2O/c1-3-19(2)25-24(27)23-11-9-22(10-12-23)18-26-15-13-21(14-16-26)17-20-7-5-4-6-8-20/h4-12,19,21H,3,13-18H2,1-2H3,(H,25,27). The van der Waals surface area contributed by atoms with Gasteiger partial charge in [-0.25, -0.2) is 0 Å². The molecule has 1 aliphatic heterocycles. The second-order valence-corrected chi connectivity index (χ2v) is 7.89. The number of hydrogen-bond acceptors (Lipinski definition) is 2. The second kappa shape index (κ2) is 9.70. The molecule has 0 aliphatic carbocycles. The summed E-state index contributed by atoms with van der Waals surface area (Å²) in [5, 5.41) is 3.02. The number of hydrogen-bond donors (Lipinski definition) is 1. The zero-order valence-corrected chi connectivity index (χ0v) is 16.7. The molecule has 0 saturated carbocycles. The van der Waals surface area contributed by atoms with Crippen molar-refractivity contribution in [2.75, 3.05) is 13.1 Å². The van der Waals surface area contributed by atoms with E-state index in [2.05, 4.69) is 59.6 Å². The van der Waals surface area contributed by atoms with Crippen molar-refractivity contribution in [2.45, 2.75) is 52.1 Å². The van der Waals surface area contributed by atoms with Gasteiger partial charge in [-0.1, -0.05) is 49.4 Å². The zero-order valence-electron chi connectivity index (χ0n) is 16.7. The molecule has 1 heterocycles. The lowest BCUT2D eigenvalue weighted by Gasteiger charge is -2.32. The van der Waals surface area contributed by atoms with Crippen LogP contribution >= 0.6 is 0 Å². The minimum atomic E-state index is 0.0256. The van der Waals surface area contributed by atoms with Crippen LogP contribution in [-0.4, -0.2) is 29.9 Å². The van der Waals surface area contributed by atoms with Crippen LogP contribution in [0.25, 0.3) is 0 Å². The smallest absolute Gasteiger partial charge is 0.251 e. The van der Waals surface area contributed by atoms with E-state index in [9.17, 15) is 4.79 Å². The Morgan fingerprint density at radius 3 is 2.33 bits per heavy atom. The Hall–Kier alpha value is -2.13. The normalized spacial score (nSPS) is 16.8. The van der Waals surface area contributed by atoms with Crippen LogP contribution in [0.2, 0.25) is 0 Å². The summed E-state index contributed by atoms with van der Waals surface area (Å²) in [6.45, 7) is 7.41. The first-order valence-electron chi connectivity index (χ1n) is 10.3. The summed E-state index contributed by atoms with van der Waals surface area (Å²) < 4.78 is 0. The molecular weight excluding hydrogens is 332 g/mol. The monoisotopic (exact) mass is 364 g/mol. The van der Waals surface area contributed by atoms with E-state index < -0.39 is 0 Å². The highest BCUT2D eigenvalue weighted by atomic mass is 16.1. The highest BCUT2D eigenvalue weighted by molar-refractivity contribution is 5.94. The van der Waals surface area contributed by atoms with Gasteiger partial charge in [-0.2, -0.15) is 0 Å². The molecule has 3 heteroatoms. The van der Waals surface area contributed by atoms with Gasteiger partial charge < -0.3 is 5.32 Å². The predicted octanol–water partition coefficient (Wildman–Crippen LogP) is 4.67. The number of piperidine rings is 1. The van der Waals surface area contributed by atoms with Gasteiger partial charge in [0, 0.05) is 18.2 Å². The molecule has 1 amide bonds. The molecule has 3 rings (SSSR count). The van der Waals surface area contributed by atoms with Crippen LogP contribution in [0.3, 0.4) is 0 Å². The topological polar surface area (TPSA) is 32.3 Å². The van der Waals surface area contributed by atoms with Crippen LogP contribution in [0.5, 0.6) is 0 Å². The Bertz CT molecular complexity index is 703. The van der Waals surface area contributed by atoms with Crippen molar-refractivity contribution in [3.63, 3.8) is 0 Å². The third kappa shape index (κ3) is 5.93. The van der Waals surface area contributed by atoms with E-state index in [1.165, 1.54) is 30.4 Å². The summed E-state index contributed by atoms with van der Waals surface area (Å²) in [5.74, 6) is 0.827. The summed E-state index contributed by atoms with van der Waals surface area (Å²) in [4.78, 5) is 14.7. The van der Waals surface area contributed by atoms with E-state index in [4.69, 9.17) is 0 Å². The average molecular weight is 365 g/mol. The Labute approximate surface area is 163 Å². The number of carbonyl (C=O) groups excluding carboxylic acids is 1. The molecular formula is C24H32N2O. The van der Waals surface area contributed by atoms with Crippen LogP contribution in [0, 0.1) is 5.92 Å². The molecule has 2 aromatic rings. The third-order valence-corrected chi connectivity index (χ3v) is 5.69. The van der Waals surface area contributed by atoms with Crippen LogP contribution in [0.4, 0.5) is 0 Å². The molecule has 2 aromatic carbocycles. The summed E-state index contributed by atoms with van der Waals surface area (Å²) in [6, 6.07) is 19.2. The predicted molar refractivity (Wildman–Crippen MR) is 112 cm³/mol. The van der Waals surface area contributed by atoms with Gasteiger partial charge in [-0.15, -0.1) is 0 Å². The maximum atomic E-state index is 12.2. The van der Waals surface area contributed by atoms with Crippen molar-refractivity contribution < 1.29 is 4.79 Å². The molecule has 1 aliphatic rings. The number of likely N-dealkylation sites (tertiary alicyclic amines) is 1. The van der Waals surface area contributed by atoms with E-state index in [0.717, 1.165) is 37.5 Å². The Morgan fingerprint density at radius 2 is 1.70 bits per heavy atom. The number of carbonyl (C=O) groups is 1. The lowest BCUT2D eigenvalue weighted by atomic mass is 9.90. The van der Waals surface area contributed by atoms with Gasteiger partial charge in [-0.3, -0.25) is 9.69 Å². The maximum absolute atomic E-state index is 12.2. The number of benzene rings is 2. The number of nitrogens with one attached hydrogen (secondary N) is 1. The van der Waals surface area contributed by atoms with Crippen molar-refractivity contribution in [3.05, 3.63) is 71.3 Å². The van der Waals surface area contributed by atoms with Crippen LogP contribution in [0.1, 0.15) is 54.6 Å². The number of nitrogens with zero attached hydrogens (tertiary/aromatic N) is 1. The fourth-order valence-electron chi connectivity index (χ4n) is 3.73. The maximum Gasteiger partial charge on any atom is 0.251 e. The Morgan fingerprint density at radius 1 is 1.04 bits per heavy atom. The van der Waals surface area contributed by atoms with E-state index in [1.54, 1.807) is 0 Å². The van der Waals surface area contributed by atoms with Gasteiger partial charge in [0.25, 0.3) is 5.91 Å². The molecule has 1 fully saturated rings. The molecule has 27 heavy (non-hydrogen) atoms. The highest BCUT2D eigenvalue weighted by Gasteiger charge is 2.19. The second-order valence-electron chi connectivity index (χ2n) is 7.89. The number of amides is 1. The van der Waals surface area contributed by atoms with Crippen molar-refractivity contribution >= 4 is 5.91 Å². The fourth-order valence-corrected chi connectivity index (χ4v) is 3.73. The summed E-state index contributed by atoms with van der Waals surface area (Å²) in [7, 11) is 0. The van der Waals surface area contributed by atoms with Crippen LogP contribution in [0.15, 0.2) is 54.6 Å². The van der Waals surface area contributed by atoms with Crippen molar-refractivity contribution in [3.8, 4) is 0 Å². The van der Waals surface area contributed by atoms with Crippen molar-refractivity contribution in [1.29, 1.82) is 0 Å². The number of rotatable bonds is 7. The van der Waals surface area contributed by atoms with E-state index >= 15 is 0 Å². The van der Waals surface area contributed by atoms with Gasteiger partial charge in [0.1, 0.15) is 0 Å². The lowest BCUT2D eigenvalue weighted by Crippen LogP contribution is -2.34. The highest BCUT2D eigenvalue weighted by Crippen LogP contribution is 2.23. The van der Waals surface area contributed by atoms with E-state index in [-0.39, 0.29) is 11.9 Å². The molecule has 0 spiro atoms. The van der Waals surface area contributed by atoms with Crippen LogP contribution < -0.4 is 5.32 Å². The van der Waals surface area contributed by atoms with Gasteiger partial charge in [0.05, 0.1) is 0 Å². The summed E-state index contributed by atoms with van der Waals surface area (Å²) >= 11 is 0. The molecule has 0 radical (unpaired) electrons. The fraction of sp³-hybridized carbons (Fsp3) is 0.458. The van der Waals surface area contributed by atoms with Gasteiger partial charge in [-0.05, 0) is 74.9 Å². The van der Waals surface area contributed by atoms with Gasteiger partial charge in [0.15, 0.2) is 0 Å². The molecule has 144 valence electrons. The summed E-state index contributed by atoms with van der Waals surface area (Å²) in [6.07, 6.45) is 4.69. The van der Waals surface area contributed by atoms with Crippen molar-refractivity contribution in [1.82, 2.24) is 10.2 Å². The largest absolute Gasteiger partial charge is 0.350 e. The first kappa shape index (κ1) is 19.6. The molecule has 0 bridgehead atoms. The van der Waals surface area contributed by atoms with Gasteiger partial charge in [0.2, 0.25) is 0 Å². The minimum absolute atomic E-state index is 0.0256. The summed E-state index contributed by atoms with van der Waals surface area (Å²) in [5.41, 5.74) is 3.50. The lowest BCUT2D eigenvalue weighted by molar-refractivity contribution is 0.0939. The van der Waals surface area contributed by atoms with E-state index in [0.29, 0.717) is 0 Å². The molecule has 0 aromatic heterocycles. The zero-order chi connectivity index (χ0) is 19.1. The van der Waals surface area contributed by atoms with Crippen molar-refractivity contribution in [2.24, 2.45) is 5.92 Å². The molecule has 1 unspecified atom stereocenters.